The summed E-state index contributed by atoms with van der Waals surface area (Å²) in [5, 5.41) is 4.05. The molecule has 2 aliphatic rings. The van der Waals surface area contributed by atoms with Gasteiger partial charge in [-0.3, -0.25) is 9.78 Å². The van der Waals surface area contributed by atoms with E-state index in [9.17, 15) is 4.79 Å². The van der Waals surface area contributed by atoms with Crippen LogP contribution in [0.4, 0.5) is 0 Å². The van der Waals surface area contributed by atoms with E-state index in [1.165, 1.54) is 25.7 Å². The normalized spacial score (nSPS) is 18.0. The number of carbonyl (C=O) groups is 1. The summed E-state index contributed by atoms with van der Waals surface area (Å²) < 4.78 is 11.1. The van der Waals surface area contributed by atoms with Gasteiger partial charge in [-0.05, 0) is 37.8 Å². The fourth-order valence-corrected chi connectivity index (χ4v) is 3.81. The minimum absolute atomic E-state index is 0.0110. The quantitative estimate of drug-likeness (QED) is 0.697. The Morgan fingerprint density at radius 3 is 2.93 bits per heavy atom. The first-order valence-corrected chi connectivity index (χ1v) is 9.82. The van der Waals surface area contributed by atoms with E-state index in [1.807, 2.05) is 13.0 Å². The summed E-state index contributed by atoms with van der Waals surface area (Å²) in [6.45, 7) is 4.53. The van der Waals surface area contributed by atoms with Crippen molar-refractivity contribution in [3.8, 4) is 0 Å². The Bertz CT molecular complexity index is 779. The second-order valence-corrected chi connectivity index (χ2v) is 7.57. The molecule has 0 aromatic carbocycles. The van der Waals surface area contributed by atoms with E-state index in [-0.39, 0.29) is 11.8 Å². The van der Waals surface area contributed by atoms with Crippen molar-refractivity contribution in [2.75, 3.05) is 26.3 Å². The van der Waals surface area contributed by atoms with Crippen LogP contribution in [0, 0.1) is 12.8 Å². The maximum Gasteiger partial charge on any atom is 0.255 e. The largest absolute Gasteiger partial charge is 0.381 e. The summed E-state index contributed by atoms with van der Waals surface area (Å²) >= 11 is 0. The van der Waals surface area contributed by atoms with E-state index in [4.69, 9.17) is 9.26 Å². The van der Waals surface area contributed by atoms with Gasteiger partial charge < -0.3 is 14.2 Å². The molecule has 0 bridgehead atoms. The first-order valence-electron chi connectivity index (χ1n) is 9.82. The predicted octanol–water partition coefficient (Wildman–Crippen LogP) is 2.76. The van der Waals surface area contributed by atoms with Gasteiger partial charge in [0.05, 0.1) is 18.1 Å². The molecule has 144 valence electrons. The fourth-order valence-electron chi connectivity index (χ4n) is 3.81. The third kappa shape index (κ3) is 4.18. The number of amides is 1. The number of hydrogen-bond acceptors (Lipinski definition) is 6. The molecule has 2 fully saturated rings. The maximum atomic E-state index is 12.5. The minimum atomic E-state index is 0.0110. The number of pyridine rings is 1. The SMILES string of the molecule is Cc1ncccc1C(=O)N1CC(c2nc(CCOCC3CCCC3)no2)C1. The average Bonchev–Trinajstić information content (AvgIpc) is 3.30. The third-order valence-electron chi connectivity index (χ3n) is 5.54. The van der Waals surface area contributed by atoms with Gasteiger partial charge in [0.25, 0.3) is 5.91 Å². The van der Waals surface area contributed by atoms with Crippen LogP contribution in [0.1, 0.15) is 59.4 Å². The Hall–Kier alpha value is -2.28. The summed E-state index contributed by atoms with van der Waals surface area (Å²) in [5.41, 5.74) is 1.41. The van der Waals surface area contributed by atoms with Crippen LogP contribution in [0.25, 0.3) is 0 Å². The molecule has 1 saturated carbocycles. The number of likely N-dealkylation sites (tertiary alicyclic amines) is 1. The number of rotatable bonds is 7. The van der Waals surface area contributed by atoms with Gasteiger partial charge in [0, 0.05) is 38.0 Å². The molecule has 2 aromatic rings. The highest BCUT2D eigenvalue weighted by molar-refractivity contribution is 5.95. The van der Waals surface area contributed by atoms with Crippen LogP contribution in [0.2, 0.25) is 0 Å². The van der Waals surface area contributed by atoms with Crippen LogP contribution in [-0.2, 0) is 11.2 Å². The van der Waals surface area contributed by atoms with Crippen molar-refractivity contribution in [2.45, 2.75) is 44.9 Å². The number of aromatic nitrogens is 3. The Morgan fingerprint density at radius 1 is 1.33 bits per heavy atom. The molecule has 3 heterocycles. The lowest BCUT2D eigenvalue weighted by molar-refractivity contribution is 0.0568. The summed E-state index contributed by atoms with van der Waals surface area (Å²) in [6.07, 6.45) is 7.62. The van der Waals surface area contributed by atoms with Crippen LogP contribution >= 0.6 is 0 Å². The molecule has 2 aromatic heterocycles. The minimum Gasteiger partial charge on any atom is -0.381 e. The van der Waals surface area contributed by atoms with Gasteiger partial charge in [0.1, 0.15) is 0 Å². The highest BCUT2D eigenvalue weighted by atomic mass is 16.5. The zero-order valence-corrected chi connectivity index (χ0v) is 15.8. The van der Waals surface area contributed by atoms with Crippen LogP contribution in [0.5, 0.6) is 0 Å². The highest BCUT2D eigenvalue weighted by Gasteiger charge is 2.36. The van der Waals surface area contributed by atoms with E-state index in [2.05, 4.69) is 15.1 Å². The van der Waals surface area contributed by atoms with Crippen LogP contribution < -0.4 is 0 Å². The van der Waals surface area contributed by atoms with E-state index < -0.39 is 0 Å². The molecule has 27 heavy (non-hydrogen) atoms. The molecule has 0 spiro atoms. The molecule has 0 unspecified atom stereocenters. The van der Waals surface area contributed by atoms with Gasteiger partial charge in [-0.25, -0.2) is 0 Å². The number of aryl methyl sites for hydroxylation is 1. The van der Waals surface area contributed by atoms with E-state index in [0.29, 0.717) is 43.4 Å². The van der Waals surface area contributed by atoms with Crippen molar-refractivity contribution in [1.29, 1.82) is 0 Å². The van der Waals surface area contributed by atoms with E-state index in [1.54, 1.807) is 17.2 Å². The number of hydrogen-bond donors (Lipinski definition) is 0. The van der Waals surface area contributed by atoms with Gasteiger partial charge in [0.2, 0.25) is 5.89 Å². The van der Waals surface area contributed by atoms with Gasteiger partial charge in [0.15, 0.2) is 5.82 Å². The lowest BCUT2D eigenvalue weighted by atomic mass is 9.98. The monoisotopic (exact) mass is 370 g/mol. The average molecular weight is 370 g/mol. The zero-order valence-electron chi connectivity index (χ0n) is 15.8. The second kappa shape index (κ2) is 8.17. The summed E-state index contributed by atoms with van der Waals surface area (Å²) in [5.74, 6) is 2.16. The second-order valence-electron chi connectivity index (χ2n) is 7.57. The molecule has 7 nitrogen and oxygen atoms in total. The summed E-state index contributed by atoms with van der Waals surface area (Å²) in [7, 11) is 0. The summed E-state index contributed by atoms with van der Waals surface area (Å²) in [4.78, 5) is 23.0. The standard InChI is InChI=1S/C20H26N4O3/c1-14-17(7-4-9-21-14)20(25)24-11-16(12-24)19-22-18(23-27-19)8-10-26-13-15-5-2-3-6-15/h4,7,9,15-16H,2-3,5-6,8,10-13H2,1H3. The molecule has 1 aliphatic heterocycles. The molecule has 1 amide bonds. The van der Waals surface area contributed by atoms with Crippen LogP contribution in [-0.4, -0.2) is 52.2 Å². The van der Waals surface area contributed by atoms with Crippen molar-refractivity contribution >= 4 is 5.91 Å². The van der Waals surface area contributed by atoms with Gasteiger partial charge >= 0.3 is 0 Å². The third-order valence-corrected chi connectivity index (χ3v) is 5.54. The molecular weight excluding hydrogens is 344 g/mol. The number of nitrogens with zero attached hydrogens (tertiary/aromatic N) is 4. The van der Waals surface area contributed by atoms with Gasteiger partial charge in [-0.2, -0.15) is 4.98 Å². The molecular formula is C20H26N4O3. The smallest absolute Gasteiger partial charge is 0.255 e. The Balaban J connectivity index is 1.22. The van der Waals surface area contributed by atoms with E-state index >= 15 is 0 Å². The first-order chi connectivity index (χ1) is 13.2. The molecule has 0 radical (unpaired) electrons. The molecule has 1 aliphatic carbocycles. The maximum absolute atomic E-state index is 12.5. The van der Waals surface area contributed by atoms with Crippen molar-refractivity contribution in [3.63, 3.8) is 0 Å². The van der Waals surface area contributed by atoms with Gasteiger partial charge in [-0.1, -0.05) is 18.0 Å². The first kappa shape index (κ1) is 18.1. The van der Waals surface area contributed by atoms with Crippen molar-refractivity contribution in [1.82, 2.24) is 20.0 Å². The van der Waals surface area contributed by atoms with Crippen molar-refractivity contribution in [3.05, 3.63) is 41.3 Å². The van der Waals surface area contributed by atoms with Crippen molar-refractivity contribution < 1.29 is 14.1 Å². The lowest BCUT2D eigenvalue weighted by Crippen LogP contribution is -2.48. The molecule has 0 atom stereocenters. The van der Waals surface area contributed by atoms with E-state index in [0.717, 1.165) is 18.2 Å². The zero-order chi connectivity index (χ0) is 18.6. The van der Waals surface area contributed by atoms with Gasteiger partial charge in [-0.15, -0.1) is 0 Å². The Morgan fingerprint density at radius 2 is 2.15 bits per heavy atom. The Labute approximate surface area is 159 Å². The fraction of sp³-hybridized carbons (Fsp3) is 0.600. The number of ether oxygens (including phenoxy) is 1. The predicted molar refractivity (Wildman–Crippen MR) is 98.4 cm³/mol. The Kier molecular flexibility index (Phi) is 5.48. The highest BCUT2D eigenvalue weighted by Crippen LogP contribution is 2.28. The topological polar surface area (TPSA) is 81.4 Å². The van der Waals surface area contributed by atoms with Crippen LogP contribution in [0.3, 0.4) is 0 Å². The molecule has 7 heteroatoms. The summed E-state index contributed by atoms with van der Waals surface area (Å²) in [6, 6.07) is 3.60. The van der Waals surface area contributed by atoms with Crippen molar-refractivity contribution in [2.24, 2.45) is 5.92 Å². The molecule has 0 N–H and O–H groups in total. The molecule has 1 saturated heterocycles. The molecule has 4 rings (SSSR count). The lowest BCUT2D eigenvalue weighted by Gasteiger charge is -2.37. The number of carbonyl (C=O) groups excluding carboxylic acids is 1. The van der Waals surface area contributed by atoms with Crippen LogP contribution in [0.15, 0.2) is 22.9 Å².